The molecular formula is C13H8Cl3FO. The molecule has 0 radical (unpaired) electrons. The molecule has 5 heteroatoms. The van der Waals surface area contributed by atoms with Crippen molar-refractivity contribution in [3.63, 3.8) is 0 Å². The molecule has 0 aromatic heterocycles. The van der Waals surface area contributed by atoms with Crippen LogP contribution >= 0.6 is 34.8 Å². The second-order valence-electron chi connectivity index (χ2n) is 3.71. The summed E-state index contributed by atoms with van der Waals surface area (Å²) < 4.78 is 13.3. The Hall–Kier alpha value is -0.800. The highest BCUT2D eigenvalue weighted by atomic mass is 35.5. The van der Waals surface area contributed by atoms with Crippen LogP contribution in [0.15, 0.2) is 36.4 Å². The molecule has 0 fully saturated rings. The van der Waals surface area contributed by atoms with Crippen LogP contribution in [0.3, 0.4) is 0 Å². The summed E-state index contributed by atoms with van der Waals surface area (Å²) in [6.45, 7) is 0. The number of benzene rings is 2. The SMILES string of the molecule is OC(c1ccc(Cl)cc1Cl)c1cccc(F)c1Cl. The van der Waals surface area contributed by atoms with E-state index in [2.05, 4.69) is 0 Å². The second kappa shape index (κ2) is 5.45. The predicted molar refractivity (Wildman–Crippen MR) is 71.9 cm³/mol. The van der Waals surface area contributed by atoms with Crippen LogP contribution in [0.25, 0.3) is 0 Å². The van der Waals surface area contributed by atoms with Gasteiger partial charge in [0.25, 0.3) is 0 Å². The zero-order valence-electron chi connectivity index (χ0n) is 9.00. The number of rotatable bonds is 2. The fourth-order valence-corrected chi connectivity index (χ4v) is 2.36. The first-order valence-corrected chi connectivity index (χ1v) is 6.21. The molecule has 0 saturated carbocycles. The highest BCUT2D eigenvalue weighted by molar-refractivity contribution is 6.35. The van der Waals surface area contributed by atoms with Crippen molar-refractivity contribution in [3.8, 4) is 0 Å². The van der Waals surface area contributed by atoms with E-state index in [4.69, 9.17) is 34.8 Å². The minimum Gasteiger partial charge on any atom is -0.384 e. The van der Waals surface area contributed by atoms with Gasteiger partial charge in [-0.2, -0.15) is 0 Å². The third kappa shape index (κ3) is 2.62. The molecule has 1 unspecified atom stereocenters. The summed E-state index contributed by atoms with van der Waals surface area (Å²) >= 11 is 17.6. The van der Waals surface area contributed by atoms with Crippen molar-refractivity contribution in [2.24, 2.45) is 0 Å². The summed E-state index contributed by atoms with van der Waals surface area (Å²) in [6, 6.07) is 8.93. The minimum atomic E-state index is -1.10. The zero-order valence-corrected chi connectivity index (χ0v) is 11.3. The molecule has 0 aliphatic rings. The second-order valence-corrected chi connectivity index (χ2v) is 4.93. The van der Waals surface area contributed by atoms with E-state index in [9.17, 15) is 9.50 Å². The van der Waals surface area contributed by atoms with Crippen LogP contribution in [0, 0.1) is 5.82 Å². The highest BCUT2D eigenvalue weighted by Crippen LogP contribution is 2.34. The van der Waals surface area contributed by atoms with Crippen LogP contribution in [-0.4, -0.2) is 5.11 Å². The molecule has 1 N–H and O–H groups in total. The summed E-state index contributed by atoms with van der Waals surface area (Å²) in [6.07, 6.45) is -1.10. The topological polar surface area (TPSA) is 20.2 Å². The lowest BCUT2D eigenvalue weighted by atomic mass is 10.0. The Labute approximate surface area is 119 Å². The molecule has 0 saturated heterocycles. The molecule has 0 spiro atoms. The highest BCUT2D eigenvalue weighted by Gasteiger charge is 2.18. The van der Waals surface area contributed by atoms with Crippen molar-refractivity contribution < 1.29 is 9.50 Å². The van der Waals surface area contributed by atoms with Crippen molar-refractivity contribution in [1.82, 2.24) is 0 Å². The Morgan fingerprint density at radius 2 is 1.72 bits per heavy atom. The van der Waals surface area contributed by atoms with E-state index in [1.807, 2.05) is 0 Å². The van der Waals surface area contributed by atoms with E-state index < -0.39 is 11.9 Å². The van der Waals surface area contributed by atoms with Gasteiger partial charge in [0, 0.05) is 21.2 Å². The van der Waals surface area contributed by atoms with Gasteiger partial charge in [0.15, 0.2) is 0 Å². The molecular weight excluding hydrogens is 297 g/mol. The van der Waals surface area contributed by atoms with Crippen molar-refractivity contribution >= 4 is 34.8 Å². The molecule has 0 amide bonds. The lowest BCUT2D eigenvalue weighted by Gasteiger charge is -2.15. The predicted octanol–water partition coefficient (Wildman–Crippen LogP) is 4.87. The number of hydrogen-bond acceptors (Lipinski definition) is 1. The van der Waals surface area contributed by atoms with E-state index in [-0.39, 0.29) is 10.6 Å². The van der Waals surface area contributed by atoms with E-state index in [1.54, 1.807) is 18.2 Å². The van der Waals surface area contributed by atoms with Gasteiger partial charge in [0.05, 0.1) is 5.02 Å². The van der Waals surface area contributed by atoms with Crippen molar-refractivity contribution in [3.05, 3.63) is 68.4 Å². The molecule has 18 heavy (non-hydrogen) atoms. The van der Waals surface area contributed by atoms with Crippen LogP contribution in [0.5, 0.6) is 0 Å². The van der Waals surface area contributed by atoms with Crippen LogP contribution in [0.2, 0.25) is 15.1 Å². The summed E-state index contributed by atoms with van der Waals surface area (Å²) in [7, 11) is 0. The number of aliphatic hydroxyl groups excluding tert-OH is 1. The first kappa shape index (κ1) is 13.6. The van der Waals surface area contributed by atoms with E-state index in [0.717, 1.165) is 0 Å². The van der Waals surface area contributed by atoms with Gasteiger partial charge >= 0.3 is 0 Å². The smallest absolute Gasteiger partial charge is 0.142 e. The maximum atomic E-state index is 13.3. The van der Waals surface area contributed by atoms with Gasteiger partial charge in [0.1, 0.15) is 11.9 Å². The van der Waals surface area contributed by atoms with Gasteiger partial charge in [-0.1, -0.05) is 53.0 Å². The molecule has 94 valence electrons. The third-order valence-electron chi connectivity index (χ3n) is 2.53. The van der Waals surface area contributed by atoms with E-state index in [1.165, 1.54) is 18.2 Å². The average Bonchev–Trinajstić information content (AvgIpc) is 2.32. The molecule has 0 aliphatic heterocycles. The van der Waals surface area contributed by atoms with E-state index in [0.29, 0.717) is 15.6 Å². The van der Waals surface area contributed by atoms with Gasteiger partial charge in [-0.05, 0) is 18.2 Å². The van der Waals surface area contributed by atoms with Gasteiger partial charge in [0.2, 0.25) is 0 Å². The molecule has 2 aromatic carbocycles. The largest absolute Gasteiger partial charge is 0.384 e. The minimum absolute atomic E-state index is 0.115. The van der Waals surface area contributed by atoms with Crippen LogP contribution in [0.1, 0.15) is 17.2 Å². The average molecular weight is 306 g/mol. The number of halogens is 4. The first-order valence-electron chi connectivity index (χ1n) is 5.07. The van der Waals surface area contributed by atoms with Crippen LogP contribution in [-0.2, 0) is 0 Å². The quantitative estimate of drug-likeness (QED) is 0.839. The molecule has 1 nitrogen and oxygen atoms in total. The Bertz CT molecular complexity index is 586. The molecule has 2 rings (SSSR count). The summed E-state index contributed by atoms with van der Waals surface area (Å²) in [5.41, 5.74) is 0.689. The van der Waals surface area contributed by atoms with Gasteiger partial charge in [-0.25, -0.2) is 4.39 Å². The summed E-state index contributed by atoms with van der Waals surface area (Å²) in [4.78, 5) is 0. The maximum Gasteiger partial charge on any atom is 0.142 e. The summed E-state index contributed by atoms with van der Waals surface area (Å²) in [5.74, 6) is -0.585. The molecule has 0 aliphatic carbocycles. The van der Waals surface area contributed by atoms with Gasteiger partial charge < -0.3 is 5.11 Å². The normalized spacial score (nSPS) is 12.5. The fraction of sp³-hybridized carbons (Fsp3) is 0.0769. The van der Waals surface area contributed by atoms with Crippen molar-refractivity contribution in [2.45, 2.75) is 6.10 Å². The third-order valence-corrected chi connectivity index (χ3v) is 3.49. The monoisotopic (exact) mass is 304 g/mol. The molecule has 1 atom stereocenters. The van der Waals surface area contributed by atoms with Crippen molar-refractivity contribution in [2.75, 3.05) is 0 Å². The maximum absolute atomic E-state index is 13.3. The molecule has 0 heterocycles. The Kier molecular flexibility index (Phi) is 4.13. The fourth-order valence-electron chi connectivity index (χ4n) is 1.62. The Morgan fingerprint density at radius 3 is 2.39 bits per heavy atom. The van der Waals surface area contributed by atoms with Gasteiger partial charge in [-0.3, -0.25) is 0 Å². The van der Waals surface area contributed by atoms with Crippen LogP contribution < -0.4 is 0 Å². The number of aliphatic hydroxyl groups is 1. The first-order chi connectivity index (χ1) is 8.50. The lowest BCUT2D eigenvalue weighted by Crippen LogP contribution is -2.02. The van der Waals surface area contributed by atoms with E-state index >= 15 is 0 Å². The molecule has 0 bridgehead atoms. The molecule has 2 aromatic rings. The standard InChI is InChI=1S/C13H8Cl3FO/c14-7-4-5-8(10(15)6-7)13(18)9-2-1-3-11(17)12(9)16/h1-6,13,18H. The van der Waals surface area contributed by atoms with Gasteiger partial charge in [-0.15, -0.1) is 0 Å². The summed E-state index contributed by atoms with van der Waals surface area (Å²) in [5, 5.41) is 10.8. The zero-order chi connectivity index (χ0) is 13.3. The Morgan fingerprint density at radius 1 is 1.00 bits per heavy atom. The number of hydrogen-bond donors (Lipinski definition) is 1. The van der Waals surface area contributed by atoms with Crippen molar-refractivity contribution in [1.29, 1.82) is 0 Å². The lowest BCUT2D eigenvalue weighted by molar-refractivity contribution is 0.220. The van der Waals surface area contributed by atoms with Crippen LogP contribution in [0.4, 0.5) is 4.39 Å². The Balaban J connectivity index is 2.48.